The molecule has 0 aliphatic carbocycles. The van der Waals surface area contributed by atoms with Crippen molar-refractivity contribution in [1.29, 1.82) is 0 Å². The fourth-order valence-electron chi connectivity index (χ4n) is 5.52. The molecule has 7 rings (SSSR count). The lowest BCUT2D eigenvalue weighted by Crippen LogP contribution is -2.49. The minimum Gasteiger partial charge on any atom is -0.172 e. The standard InChI is InChI=1S/C31H24N2S3Si/c1-5-19-7-9-21-22-10-8-20(17-29(22)37(3,4)28(21)16-19)25-14-15-27(35-25)24-12-11-23(26-13-6-18(2)34-26)30-31(24)33-36-32-30/h5-17H,1H2,2-4H3. The molecule has 0 atom stereocenters. The summed E-state index contributed by atoms with van der Waals surface area (Å²) in [6.45, 7) is 11.1. The van der Waals surface area contributed by atoms with Gasteiger partial charge in [0.1, 0.15) is 19.1 Å². The van der Waals surface area contributed by atoms with Gasteiger partial charge in [-0.2, -0.15) is 8.75 Å². The SMILES string of the molecule is C=Cc1ccc2c(c1)[Si](C)(C)c1cc(-c3ccc(-c4ccc(-c5ccc(C)s5)c5nsnc45)s3)ccc1-2. The molecular formula is C31H24N2S3Si. The topological polar surface area (TPSA) is 25.8 Å². The van der Waals surface area contributed by atoms with Crippen LogP contribution in [0.15, 0.2) is 79.4 Å². The first-order valence-corrected chi connectivity index (χ1v) is 17.6. The monoisotopic (exact) mass is 548 g/mol. The van der Waals surface area contributed by atoms with Gasteiger partial charge in [0.2, 0.25) is 0 Å². The Kier molecular flexibility index (Phi) is 5.24. The summed E-state index contributed by atoms with van der Waals surface area (Å²) in [4.78, 5) is 5.08. The molecule has 1 aliphatic heterocycles. The van der Waals surface area contributed by atoms with E-state index in [1.807, 2.05) is 17.4 Å². The second-order valence-corrected chi connectivity index (χ2v) is 17.3. The van der Waals surface area contributed by atoms with E-state index in [0.29, 0.717) is 0 Å². The van der Waals surface area contributed by atoms with E-state index >= 15 is 0 Å². The van der Waals surface area contributed by atoms with E-state index in [4.69, 9.17) is 4.37 Å². The first-order chi connectivity index (χ1) is 17.9. The molecule has 4 heterocycles. The summed E-state index contributed by atoms with van der Waals surface area (Å²) < 4.78 is 9.40. The van der Waals surface area contributed by atoms with E-state index in [1.165, 1.54) is 69.4 Å². The number of fused-ring (bicyclic) bond motifs is 4. The molecule has 180 valence electrons. The Balaban J connectivity index is 1.28. The molecule has 0 saturated carbocycles. The maximum atomic E-state index is 4.71. The zero-order valence-corrected chi connectivity index (χ0v) is 24.3. The number of rotatable bonds is 4. The van der Waals surface area contributed by atoms with Crippen molar-refractivity contribution in [2.45, 2.75) is 20.0 Å². The molecule has 37 heavy (non-hydrogen) atoms. The predicted octanol–water partition coefficient (Wildman–Crippen LogP) is 8.57. The average molecular weight is 549 g/mol. The smallest absolute Gasteiger partial charge is 0.114 e. The van der Waals surface area contributed by atoms with Gasteiger partial charge >= 0.3 is 0 Å². The fourth-order valence-corrected chi connectivity index (χ4v) is 11.1. The van der Waals surface area contributed by atoms with E-state index < -0.39 is 8.07 Å². The van der Waals surface area contributed by atoms with E-state index in [2.05, 4.69) is 104 Å². The maximum absolute atomic E-state index is 4.71. The first kappa shape index (κ1) is 23.0. The Morgan fingerprint density at radius 3 is 1.95 bits per heavy atom. The molecule has 0 radical (unpaired) electrons. The third kappa shape index (κ3) is 3.55. The molecule has 0 unspecified atom stereocenters. The van der Waals surface area contributed by atoms with Crippen molar-refractivity contribution >= 4 is 70.0 Å². The Bertz CT molecular complexity index is 1850. The number of nitrogens with zero attached hydrogens (tertiary/aromatic N) is 2. The highest BCUT2D eigenvalue weighted by Crippen LogP contribution is 2.41. The number of thiophene rings is 2. The summed E-state index contributed by atoms with van der Waals surface area (Å²) in [5.41, 5.74) is 9.64. The molecule has 0 N–H and O–H groups in total. The quantitative estimate of drug-likeness (QED) is 0.206. The number of benzene rings is 3. The van der Waals surface area contributed by atoms with Gasteiger partial charge in [-0.05, 0) is 63.8 Å². The van der Waals surface area contributed by atoms with Crippen LogP contribution in [0.1, 0.15) is 10.4 Å². The first-order valence-electron chi connectivity index (χ1n) is 12.3. The van der Waals surface area contributed by atoms with Gasteiger partial charge in [-0.15, -0.1) is 22.7 Å². The molecule has 0 bridgehead atoms. The van der Waals surface area contributed by atoms with Crippen molar-refractivity contribution in [1.82, 2.24) is 8.75 Å². The molecule has 0 spiro atoms. The van der Waals surface area contributed by atoms with E-state index in [1.54, 1.807) is 11.3 Å². The molecular weight excluding hydrogens is 525 g/mol. The minimum atomic E-state index is -1.77. The van der Waals surface area contributed by atoms with Crippen molar-refractivity contribution in [2.75, 3.05) is 0 Å². The lowest BCUT2D eigenvalue weighted by Gasteiger charge is -2.19. The largest absolute Gasteiger partial charge is 0.172 e. The summed E-state index contributed by atoms with van der Waals surface area (Å²) >= 11 is 4.95. The van der Waals surface area contributed by atoms with Crippen molar-refractivity contribution in [3.63, 3.8) is 0 Å². The van der Waals surface area contributed by atoms with Crippen molar-refractivity contribution < 1.29 is 0 Å². The fraction of sp³-hybridized carbons (Fsp3) is 0.0968. The van der Waals surface area contributed by atoms with Crippen molar-refractivity contribution in [2.24, 2.45) is 0 Å². The average Bonchev–Trinajstić information content (AvgIpc) is 3.70. The summed E-state index contributed by atoms with van der Waals surface area (Å²) in [7, 11) is -1.77. The van der Waals surface area contributed by atoms with Crippen LogP contribution in [-0.4, -0.2) is 16.8 Å². The maximum Gasteiger partial charge on any atom is 0.114 e. The third-order valence-electron chi connectivity index (χ3n) is 7.51. The number of aryl methyl sites for hydroxylation is 1. The van der Waals surface area contributed by atoms with E-state index in [0.717, 1.165) is 16.6 Å². The highest BCUT2D eigenvalue weighted by Gasteiger charge is 2.37. The molecule has 0 amide bonds. The van der Waals surface area contributed by atoms with Gasteiger partial charge in [-0.1, -0.05) is 74.3 Å². The highest BCUT2D eigenvalue weighted by atomic mass is 32.1. The van der Waals surface area contributed by atoms with Gasteiger partial charge in [0.25, 0.3) is 0 Å². The lowest BCUT2D eigenvalue weighted by atomic mass is 10.0. The van der Waals surface area contributed by atoms with Crippen LogP contribution < -0.4 is 10.4 Å². The minimum absolute atomic E-state index is 0.998. The van der Waals surface area contributed by atoms with Gasteiger partial charge < -0.3 is 0 Å². The van der Waals surface area contributed by atoms with Crippen LogP contribution in [-0.2, 0) is 0 Å². The van der Waals surface area contributed by atoms with Crippen LogP contribution in [0.25, 0.3) is 59.6 Å². The van der Waals surface area contributed by atoms with E-state index in [9.17, 15) is 0 Å². The molecule has 2 nitrogen and oxygen atoms in total. The van der Waals surface area contributed by atoms with E-state index in [-0.39, 0.29) is 0 Å². The molecule has 3 aromatic carbocycles. The Hall–Kier alpha value is -3.16. The molecule has 6 aromatic rings. The molecule has 1 aliphatic rings. The summed E-state index contributed by atoms with van der Waals surface area (Å²) in [5.74, 6) is 0. The van der Waals surface area contributed by atoms with Crippen LogP contribution in [0.4, 0.5) is 0 Å². The molecule has 0 fully saturated rings. The van der Waals surface area contributed by atoms with Crippen LogP contribution in [0.3, 0.4) is 0 Å². The second-order valence-electron chi connectivity index (χ2n) is 10.1. The predicted molar refractivity (Wildman–Crippen MR) is 166 cm³/mol. The van der Waals surface area contributed by atoms with Crippen LogP contribution >= 0.6 is 34.4 Å². The summed E-state index contributed by atoms with van der Waals surface area (Å²) in [5, 5.41) is 3.04. The second kappa shape index (κ2) is 8.43. The number of aromatic nitrogens is 2. The van der Waals surface area contributed by atoms with Gasteiger partial charge in [0, 0.05) is 30.6 Å². The Labute approximate surface area is 229 Å². The van der Waals surface area contributed by atoms with Crippen molar-refractivity contribution in [3.8, 4) is 42.4 Å². The molecule has 3 aromatic heterocycles. The van der Waals surface area contributed by atoms with Gasteiger partial charge in [-0.25, -0.2) is 0 Å². The number of hydrogen-bond acceptors (Lipinski definition) is 5. The van der Waals surface area contributed by atoms with Crippen LogP contribution in [0, 0.1) is 6.92 Å². The highest BCUT2D eigenvalue weighted by molar-refractivity contribution is 7.19. The summed E-state index contributed by atoms with van der Waals surface area (Å²) in [6, 6.07) is 27.2. The Morgan fingerprint density at radius 2 is 1.27 bits per heavy atom. The Morgan fingerprint density at radius 1 is 0.676 bits per heavy atom. The normalized spacial score (nSPS) is 13.6. The molecule has 0 saturated heterocycles. The zero-order valence-electron chi connectivity index (χ0n) is 20.8. The molecule has 6 heteroatoms. The summed E-state index contributed by atoms with van der Waals surface area (Å²) in [6.07, 6.45) is 1.95. The number of hydrogen-bond donors (Lipinski definition) is 0. The van der Waals surface area contributed by atoms with Gasteiger partial charge in [-0.3, -0.25) is 0 Å². The van der Waals surface area contributed by atoms with Crippen molar-refractivity contribution in [3.05, 3.63) is 89.8 Å². The van der Waals surface area contributed by atoms with Crippen LogP contribution in [0.2, 0.25) is 13.1 Å². The lowest BCUT2D eigenvalue weighted by molar-refractivity contribution is 1.63. The van der Waals surface area contributed by atoms with Gasteiger partial charge in [0.15, 0.2) is 0 Å². The van der Waals surface area contributed by atoms with Gasteiger partial charge in [0.05, 0.1) is 11.7 Å². The van der Waals surface area contributed by atoms with Crippen LogP contribution in [0.5, 0.6) is 0 Å². The zero-order chi connectivity index (χ0) is 25.3. The third-order valence-corrected chi connectivity index (χ3v) is 13.8.